The Hall–Kier alpha value is -0.610. The van der Waals surface area contributed by atoms with Gasteiger partial charge >= 0.3 is 0 Å². The third kappa shape index (κ3) is 3.93. The quantitative estimate of drug-likeness (QED) is 0.824. The highest BCUT2D eigenvalue weighted by Crippen LogP contribution is 2.23. The summed E-state index contributed by atoms with van der Waals surface area (Å²) in [5, 5.41) is 3.49. The van der Waals surface area contributed by atoms with Gasteiger partial charge in [-0.05, 0) is 38.6 Å². The fourth-order valence-electron chi connectivity index (χ4n) is 3.16. The van der Waals surface area contributed by atoms with Crippen LogP contribution in [-0.2, 0) is 9.53 Å². The lowest BCUT2D eigenvalue weighted by molar-refractivity contribution is -0.137. The van der Waals surface area contributed by atoms with E-state index in [0.29, 0.717) is 17.9 Å². The molecule has 0 saturated carbocycles. The minimum Gasteiger partial charge on any atom is -0.378 e. The predicted molar refractivity (Wildman–Crippen MR) is 76.0 cm³/mol. The van der Waals surface area contributed by atoms with E-state index < -0.39 is 0 Å². The highest BCUT2D eigenvalue weighted by molar-refractivity contribution is 5.79. The molecule has 0 aliphatic carbocycles. The van der Waals surface area contributed by atoms with Gasteiger partial charge in [-0.3, -0.25) is 4.79 Å². The number of nitrogens with zero attached hydrogens (tertiary/aromatic N) is 1. The summed E-state index contributed by atoms with van der Waals surface area (Å²) in [6, 6.07) is 0.486. The molecule has 110 valence electrons. The third-order valence-corrected chi connectivity index (χ3v) is 4.19. The summed E-state index contributed by atoms with van der Waals surface area (Å²) >= 11 is 0. The average molecular weight is 268 g/mol. The minimum absolute atomic E-state index is 0.0696. The molecule has 0 spiro atoms. The molecule has 19 heavy (non-hydrogen) atoms. The Bertz CT molecular complexity index is 301. The van der Waals surface area contributed by atoms with Crippen molar-refractivity contribution in [3.8, 4) is 0 Å². The van der Waals surface area contributed by atoms with Gasteiger partial charge in [0.2, 0.25) is 5.91 Å². The van der Waals surface area contributed by atoms with Crippen molar-refractivity contribution in [1.29, 1.82) is 0 Å². The monoisotopic (exact) mass is 268 g/mol. The van der Waals surface area contributed by atoms with Crippen LogP contribution < -0.4 is 5.32 Å². The molecular formula is C15H28N2O2. The second-order valence-electron chi connectivity index (χ2n) is 6.40. The highest BCUT2D eigenvalue weighted by Gasteiger charge is 2.34. The van der Waals surface area contributed by atoms with Crippen molar-refractivity contribution < 1.29 is 9.53 Å². The van der Waals surface area contributed by atoms with Crippen molar-refractivity contribution >= 4 is 5.91 Å². The lowest BCUT2D eigenvalue weighted by Gasteiger charge is -2.30. The maximum absolute atomic E-state index is 12.7. The Labute approximate surface area is 116 Å². The van der Waals surface area contributed by atoms with Crippen LogP contribution in [0.5, 0.6) is 0 Å². The number of carbonyl (C=O) groups is 1. The molecule has 0 aromatic carbocycles. The molecule has 4 heteroatoms. The maximum atomic E-state index is 12.7. The normalized spacial score (nSPS) is 31.1. The van der Waals surface area contributed by atoms with Crippen LogP contribution in [0.3, 0.4) is 0 Å². The van der Waals surface area contributed by atoms with E-state index >= 15 is 0 Å². The molecule has 2 aliphatic rings. The first-order valence-corrected chi connectivity index (χ1v) is 7.71. The Balaban J connectivity index is 1.96. The van der Waals surface area contributed by atoms with Crippen LogP contribution in [0.15, 0.2) is 0 Å². The van der Waals surface area contributed by atoms with Gasteiger partial charge < -0.3 is 15.0 Å². The summed E-state index contributed by atoms with van der Waals surface area (Å²) in [7, 11) is 0. The van der Waals surface area contributed by atoms with Crippen LogP contribution in [0.4, 0.5) is 0 Å². The zero-order chi connectivity index (χ0) is 13.8. The number of nitrogens with one attached hydrogen (secondary N) is 1. The van der Waals surface area contributed by atoms with E-state index in [1.807, 2.05) is 6.92 Å². The van der Waals surface area contributed by atoms with Crippen molar-refractivity contribution in [2.75, 3.05) is 26.2 Å². The maximum Gasteiger partial charge on any atom is 0.228 e. The molecule has 0 bridgehead atoms. The smallest absolute Gasteiger partial charge is 0.228 e. The molecule has 2 fully saturated rings. The fraction of sp³-hybridized carbons (Fsp3) is 0.933. The molecular weight excluding hydrogens is 240 g/mol. The lowest BCUT2D eigenvalue weighted by atomic mass is 9.99. The highest BCUT2D eigenvalue weighted by atomic mass is 16.5. The van der Waals surface area contributed by atoms with Gasteiger partial charge in [0, 0.05) is 25.7 Å². The molecule has 4 nitrogen and oxygen atoms in total. The summed E-state index contributed by atoms with van der Waals surface area (Å²) in [4.78, 5) is 14.8. The van der Waals surface area contributed by atoms with Gasteiger partial charge in [0.25, 0.3) is 0 Å². The molecule has 0 radical (unpaired) electrons. The Kier molecular flexibility index (Phi) is 5.22. The van der Waals surface area contributed by atoms with Crippen LogP contribution in [0, 0.1) is 11.8 Å². The van der Waals surface area contributed by atoms with E-state index in [-0.39, 0.29) is 12.0 Å². The van der Waals surface area contributed by atoms with Gasteiger partial charge in [0.1, 0.15) is 0 Å². The first-order chi connectivity index (χ1) is 9.08. The van der Waals surface area contributed by atoms with Gasteiger partial charge in [-0.2, -0.15) is 0 Å². The molecule has 3 unspecified atom stereocenters. The Morgan fingerprint density at radius 1 is 1.42 bits per heavy atom. The molecule has 0 aromatic heterocycles. The van der Waals surface area contributed by atoms with Crippen LogP contribution in [0.1, 0.15) is 40.0 Å². The van der Waals surface area contributed by atoms with Crippen LogP contribution in [0.25, 0.3) is 0 Å². The summed E-state index contributed by atoms with van der Waals surface area (Å²) < 4.78 is 5.55. The van der Waals surface area contributed by atoms with Crippen LogP contribution in [-0.4, -0.2) is 49.2 Å². The number of rotatable bonds is 5. The Morgan fingerprint density at radius 2 is 2.21 bits per heavy atom. The molecule has 3 atom stereocenters. The molecule has 2 heterocycles. The summed E-state index contributed by atoms with van der Waals surface area (Å²) in [6.45, 7) is 9.93. The summed E-state index contributed by atoms with van der Waals surface area (Å²) in [5.41, 5.74) is 0. The standard InChI is InChI=1S/C15H28N2O2/c1-11(2)9-17(10-13-5-4-7-16-13)15(18)14-6-8-19-12(14)3/h11-14,16H,4-10H2,1-3H3. The van der Waals surface area contributed by atoms with E-state index in [0.717, 1.165) is 32.7 Å². The zero-order valence-electron chi connectivity index (χ0n) is 12.5. The average Bonchev–Trinajstić information content (AvgIpc) is 2.98. The second-order valence-corrected chi connectivity index (χ2v) is 6.40. The molecule has 2 saturated heterocycles. The largest absolute Gasteiger partial charge is 0.378 e. The van der Waals surface area contributed by atoms with E-state index in [2.05, 4.69) is 24.1 Å². The number of hydrogen-bond donors (Lipinski definition) is 1. The van der Waals surface area contributed by atoms with Gasteiger partial charge in [0.05, 0.1) is 12.0 Å². The summed E-state index contributed by atoms with van der Waals surface area (Å²) in [6.07, 6.45) is 3.39. The first kappa shape index (κ1) is 14.8. The SMILES string of the molecule is CC(C)CN(CC1CCCN1)C(=O)C1CCOC1C. The lowest BCUT2D eigenvalue weighted by Crippen LogP contribution is -2.46. The summed E-state index contributed by atoms with van der Waals surface area (Å²) in [5.74, 6) is 0.885. The zero-order valence-corrected chi connectivity index (χ0v) is 12.5. The Morgan fingerprint density at radius 3 is 2.74 bits per heavy atom. The topological polar surface area (TPSA) is 41.6 Å². The number of carbonyl (C=O) groups excluding carboxylic acids is 1. The van der Waals surface area contributed by atoms with Crippen LogP contribution >= 0.6 is 0 Å². The van der Waals surface area contributed by atoms with Gasteiger partial charge in [-0.25, -0.2) is 0 Å². The molecule has 2 aliphatic heterocycles. The van der Waals surface area contributed by atoms with E-state index in [9.17, 15) is 4.79 Å². The fourth-order valence-corrected chi connectivity index (χ4v) is 3.16. The van der Waals surface area contributed by atoms with E-state index in [4.69, 9.17) is 4.74 Å². The van der Waals surface area contributed by atoms with Crippen molar-refractivity contribution in [3.05, 3.63) is 0 Å². The van der Waals surface area contributed by atoms with Crippen molar-refractivity contribution in [2.45, 2.75) is 52.2 Å². The number of hydrogen-bond acceptors (Lipinski definition) is 3. The molecule has 1 amide bonds. The first-order valence-electron chi connectivity index (χ1n) is 7.71. The molecule has 0 aromatic rings. The molecule has 2 rings (SSSR count). The molecule has 1 N–H and O–H groups in total. The number of amides is 1. The predicted octanol–water partition coefficient (Wildman–Crippen LogP) is 1.65. The second kappa shape index (κ2) is 6.71. The number of ether oxygens (including phenoxy) is 1. The minimum atomic E-state index is 0.0696. The third-order valence-electron chi connectivity index (χ3n) is 4.19. The van der Waals surface area contributed by atoms with E-state index in [1.54, 1.807) is 0 Å². The van der Waals surface area contributed by atoms with Gasteiger partial charge in [-0.1, -0.05) is 13.8 Å². The van der Waals surface area contributed by atoms with E-state index in [1.165, 1.54) is 12.8 Å². The van der Waals surface area contributed by atoms with Gasteiger partial charge in [-0.15, -0.1) is 0 Å². The van der Waals surface area contributed by atoms with Crippen LogP contribution in [0.2, 0.25) is 0 Å². The van der Waals surface area contributed by atoms with Crippen molar-refractivity contribution in [1.82, 2.24) is 10.2 Å². The van der Waals surface area contributed by atoms with Crippen molar-refractivity contribution in [2.24, 2.45) is 11.8 Å². The van der Waals surface area contributed by atoms with Crippen molar-refractivity contribution in [3.63, 3.8) is 0 Å². The van der Waals surface area contributed by atoms with Gasteiger partial charge in [0.15, 0.2) is 0 Å².